The molecule has 1 unspecified atom stereocenters. The van der Waals surface area contributed by atoms with Crippen LogP contribution in [0.15, 0.2) is 29.2 Å². The molecule has 0 spiro atoms. The average Bonchev–Trinajstić information content (AvgIpc) is 2.52. The van der Waals surface area contributed by atoms with Gasteiger partial charge in [-0.05, 0) is 42.9 Å². The zero-order chi connectivity index (χ0) is 15.1. The smallest absolute Gasteiger partial charge is 0.310 e. The largest absolute Gasteiger partial charge is 0.481 e. The molecule has 21 heavy (non-hydrogen) atoms. The van der Waals surface area contributed by atoms with Crippen molar-refractivity contribution >= 4 is 17.7 Å². The molecule has 2 rings (SSSR count). The number of hydrogen-bond acceptors (Lipinski definition) is 4. The van der Waals surface area contributed by atoms with E-state index in [0.717, 1.165) is 36.5 Å². The minimum atomic E-state index is -0.737. The molecule has 1 aliphatic rings. The Labute approximate surface area is 129 Å². The molecule has 5 heteroatoms. The lowest BCUT2D eigenvalue weighted by molar-refractivity contribution is -0.139. The molecule has 116 valence electrons. The molecule has 1 heterocycles. The Morgan fingerprint density at radius 3 is 2.62 bits per heavy atom. The topological polar surface area (TPSA) is 55.8 Å². The molecule has 1 atom stereocenters. The molecule has 1 N–H and O–H groups in total. The molecule has 1 aromatic rings. The maximum atomic E-state index is 11.6. The fourth-order valence-electron chi connectivity index (χ4n) is 2.62. The van der Waals surface area contributed by atoms with E-state index in [-0.39, 0.29) is 0 Å². The lowest BCUT2D eigenvalue weighted by atomic mass is 9.85. The lowest BCUT2D eigenvalue weighted by Crippen LogP contribution is -2.21. The van der Waals surface area contributed by atoms with Gasteiger partial charge < -0.3 is 14.6 Å². The van der Waals surface area contributed by atoms with Gasteiger partial charge in [0.2, 0.25) is 0 Å². The van der Waals surface area contributed by atoms with E-state index in [0.29, 0.717) is 18.3 Å². The van der Waals surface area contributed by atoms with Crippen LogP contribution in [0, 0.1) is 5.92 Å². The van der Waals surface area contributed by atoms with Gasteiger partial charge in [-0.25, -0.2) is 0 Å². The van der Waals surface area contributed by atoms with Crippen LogP contribution < -0.4 is 0 Å². The van der Waals surface area contributed by atoms with Crippen LogP contribution in [-0.4, -0.2) is 37.3 Å². The van der Waals surface area contributed by atoms with Crippen LogP contribution in [-0.2, 0) is 14.3 Å². The van der Waals surface area contributed by atoms with E-state index in [1.165, 1.54) is 0 Å². The van der Waals surface area contributed by atoms with E-state index in [2.05, 4.69) is 0 Å². The first-order valence-corrected chi connectivity index (χ1v) is 8.21. The number of aliphatic carboxylic acids is 1. The first kappa shape index (κ1) is 16.3. The molecule has 0 saturated carbocycles. The Balaban J connectivity index is 2.01. The molecule has 0 bridgehead atoms. The van der Waals surface area contributed by atoms with E-state index < -0.39 is 11.9 Å². The second-order valence-electron chi connectivity index (χ2n) is 5.30. The summed E-state index contributed by atoms with van der Waals surface area (Å²) >= 11 is 1.60. The van der Waals surface area contributed by atoms with Gasteiger partial charge in [0.05, 0.1) is 11.9 Å². The van der Waals surface area contributed by atoms with Crippen molar-refractivity contribution in [2.24, 2.45) is 5.92 Å². The van der Waals surface area contributed by atoms with Gasteiger partial charge in [-0.3, -0.25) is 4.79 Å². The summed E-state index contributed by atoms with van der Waals surface area (Å²) in [5.41, 5.74) is 0.885. The van der Waals surface area contributed by atoms with Crippen molar-refractivity contribution in [3.8, 4) is 0 Å². The minimum Gasteiger partial charge on any atom is -0.481 e. The van der Waals surface area contributed by atoms with E-state index in [9.17, 15) is 9.90 Å². The molecule has 1 fully saturated rings. The van der Waals surface area contributed by atoms with Gasteiger partial charge in [-0.15, -0.1) is 0 Å². The predicted molar refractivity (Wildman–Crippen MR) is 82.7 cm³/mol. The fraction of sp³-hybridized carbons (Fsp3) is 0.562. The molecule has 1 aliphatic heterocycles. The number of thioether (sulfide) groups is 1. The van der Waals surface area contributed by atoms with Crippen molar-refractivity contribution < 1.29 is 19.4 Å². The van der Waals surface area contributed by atoms with Gasteiger partial charge in [-0.2, -0.15) is 0 Å². The highest BCUT2D eigenvalue weighted by Crippen LogP contribution is 2.30. The molecule has 1 saturated heterocycles. The van der Waals surface area contributed by atoms with E-state index >= 15 is 0 Å². The normalized spacial score (nSPS) is 17.6. The Bertz CT molecular complexity index is 440. The van der Waals surface area contributed by atoms with E-state index in [4.69, 9.17) is 9.47 Å². The average molecular weight is 310 g/mol. The van der Waals surface area contributed by atoms with Crippen LogP contribution in [0.25, 0.3) is 0 Å². The fourth-order valence-corrected chi connectivity index (χ4v) is 3.20. The van der Waals surface area contributed by atoms with Crippen molar-refractivity contribution in [1.29, 1.82) is 0 Å². The van der Waals surface area contributed by atoms with Crippen LogP contribution >= 0.6 is 11.8 Å². The van der Waals surface area contributed by atoms with Gasteiger partial charge in [-0.1, -0.05) is 23.9 Å². The summed E-state index contributed by atoms with van der Waals surface area (Å²) < 4.78 is 10.4. The van der Waals surface area contributed by atoms with Crippen molar-refractivity contribution in [2.75, 3.05) is 26.3 Å². The van der Waals surface area contributed by atoms with Gasteiger partial charge in [0, 0.05) is 25.2 Å². The minimum absolute atomic E-state index is 0.422. The summed E-state index contributed by atoms with van der Waals surface area (Å²) in [6.07, 6.45) is 2.63. The molecule has 0 amide bonds. The van der Waals surface area contributed by atoms with E-state index in [1.807, 2.05) is 24.3 Å². The third-order valence-corrected chi connectivity index (χ3v) is 4.79. The maximum Gasteiger partial charge on any atom is 0.310 e. The third kappa shape index (κ3) is 5.02. The lowest BCUT2D eigenvalue weighted by Gasteiger charge is -2.25. The van der Waals surface area contributed by atoms with Crippen molar-refractivity contribution in [3.63, 3.8) is 0 Å². The van der Waals surface area contributed by atoms with Gasteiger partial charge in [0.1, 0.15) is 0 Å². The first-order chi connectivity index (χ1) is 10.2. The number of carboxylic acids is 1. The summed E-state index contributed by atoms with van der Waals surface area (Å²) in [5.74, 6) is -0.111. The number of methoxy groups -OCH3 is 1. The number of hydrogen-bond donors (Lipinski definition) is 1. The number of rotatable bonds is 7. The van der Waals surface area contributed by atoms with Crippen LogP contribution in [0.2, 0.25) is 0 Å². The third-order valence-electron chi connectivity index (χ3n) is 3.83. The highest BCUT2D eigenvalue weighted by atomic mass is 32.2. The second kappa shape index (κ2) is 8.41. The summed E-state index contributed by atoms with van der Waals surface area (Å²) in [6.45, 7) is 1.51. The molecular weight excluding hydrogens is 288 g/mol. The molecule has 0 radical (unpaired) electrons. The second-order valence-corrected chi connectivity index (χ2v) is 6.30. The van der Waals surface area contributed by atoms with Gasteiger partial charge in [0.15, 0.2) is 0 Å². The molecule has 0 aromatic heterocycles. The van der Waals surface area contributed by atoms with E-state index in [1.54, 1.807) is 18.9 Å². The quantitative estimate of drug-likeness (QED) is 0.618. The van der Waals surface area contributed by atoms with Crippen molar-refractivity contribution in [2.45, 2.75) is 30.1 Å². The van der Waals surface area contributed by atoms with Crippen molar-refractivity contribution in [3.05, 3.63) is 29.8 Å². The summed E-state index contributed by atoms with van der Waals surface area (Å²) in [4.78, 5) is 12.7. The number of ether oxygens (including phenoxy) is 2. The predicted octanol–water partition coefficient (Wildman–Crippen LogP) is 3.37. The monoisotopic (exact) mass is 310 g/mol. The number of benzene rings is 1. The molecular formula is C16H22O4S. The SMILES string of the molecule is COCSc1ccc(C(CC2CCOCC2)C(=O)O)cc1. The molecule has 1 aromatic carbocycles. The van der Waals surface area contributed by atoms with Crippen LogP contribution in [0.3, 0.4) is 0 Å². The molecule has 0 aliphatic carbocycles. The maximum absolute atomic E-state index is 11.6. The van der Waals surface area contributed by atoms with Gasteiger partial charge >= 0.3 is 5.97 Å². The van der Waals surface area contributed by atoms with Gasteiger partial charge in [0.25, 0.3) is 0 Å². The van der Waals surface area contributed by atoms with Crippen LogP contribution in [0.5, 0.6) is 0 Å². The van der Waals surface area contributed by atoms with Crippen LogP contribution in [0.4, 0.5) is 0 Å². The highest BCUT2D eigenvalue weighted by Gasteiger charge is 2.25. The zero-order valence-electron chi connectivity index (χ0n) is 12.3. The first-order valence-electron chi connectivity index (χ1n) is 7.23. The van der Waals surface area contributed by atoms with Crippen LogP contribution in [0.1, 0.15) is 30.7 Å². The Kier molecular flexibility index (Phi) is 6.54. The standard InChI is InChI=1S/C16H22O4S/c1-19-11-21-14-4-2-13(3-5-14)15(16(17)18)10-12-6-8-20-9-7-12/h2-5,12,15H,6-11H2,1H3,(H,17,18). The summed E-state index contributed by atoms with van der Waals surface area (Å²) in [7, 11) is 1.66. The Morgan fingerprint density at radius 2 is 2.05 bits per heavy atom. The summed E-state index contributed by atoms with van der Waals surface area (Å²) in [5, 5.41) is 9.51. The number of carboxylic acid groups (broad SMARTS) is 1. The number of carbonyl (C=O) groups is 1. The molecule has 4 nitrogen and oxygen atoms in total. The Morgan fingerprint density at radius 1 is 1.38 bits per heavy atom. The summed E-state index contributed by atoms with van der Waals surface area (Å²) in [6, 6.07) is 7.80. The zero-order valence-corrected chi connectivity index (χ0v) is 13.1. The Hall–Kier alpha value is -1.04. The highest BCUT2D eigenvalue weighted by molar-refractivity contribution is 7.99. The van der Waals surface area contributed by atoms with Crippen molar-refractivity contribution in [1.82, 2.24) is 0 Å².